The van der Waals surface area contributed by atoms with Crippen LogP contribution in [0.25, 0.3) is 22.5 Å². The van der Waals surface area contributed by atoms with E-state index in [1.807, 2.05) is 5.38 Å². The lowest BCUT2D eigenvalue weighted by atomic mass is 10.0. The Morgan fingerprint density at radius 2 is 1.80 bits per heavy atom. The van der Waals surface area contributed by atoms with Crippen LogP contribution in [0.1, 0.15) is 53.3 Å². The van der Waals surface area contributed by atoms with Gasteiger partial charge in [-0.2, -0.15) is 0 Å². The number of benzene rings is 2. The molecular formula is C29H26F3N3O5S. The van der Waals surface area contributed by atoms with Crippen molar-refractivity contribution in [2.75, 3.05) is 18.0 Å². The van der Waals surface area contributed by atoms with E-state index >= 15 is 0 Å². The Bertz CT molecular complexity index is 1520. The van der Waals surface area contributed by atoms with E-state index in [1.54, 1.807) is 36.4 Å². The largest absolute Gasteiger partial charge is 0.573 e. The number of hydrogen-bond acceptors (Lipinski definition) is 8. The standard InChI is InChI=1S/C29H26F3N3O5S/c30-29(31,32)39-24-4-2-1-3-21(24)25-22(26(40-34-25)18-7-8-18)15-38-20-11-13-35(14-12-20)28-33-23(16-41-28)17-5-9-19(10-6-17)27(36)37/h1-6,9-10,16,18,20H,7-8,11-15H2,(H,36,37). The van der Waals surface area contributed by atoms with Gasteiger partial charge in [-0.15, -0.1) is 24.5 Å². The highest BCUT2D eigenvalue weighted by Crippen LogP contribution is 2.46. The van der Waals surface area contributed by atoms with E-state index in [0.717, 1.165) is 55.2 Å². The summed E-state index contributed by atoms with van der Waals surface area (Å²) in [6.45, 7) is 1.66. The molecule has 1 saturated heterocycles. The predicted octanol–water partition coefficient (Wildman–Crippen LogP) is 7.12. The van der Waals surface area contributed by atoms with Crippen molar-refractivity contribution in [3.8, 4) is 28.3 Å². The summed E-state index contributed by atoms with van der Waals surface area (Å²) in [5.74, 6) is -0.423. The highest BCUT2D eigenvalue weighted by molar-refractivity contribution is 7.14. The number of rotatable bonds is 9. The fourth-order valence-corrected chi connectivity index (χ4v) is 5.84. The maximum Gasteiger partial charge on any atom is 0.573 e. The van der Waals surface area contributed by atoms with Gasteiger partial charge < -0.3 is 24.0 Å². The number of ether oxygens (including phenoxy) is 2. The van der Waals surface area contributed by atoms with Gasteiger partial charge in [-0.1, -0.05) is 29.4 Å². The Balaban J connectivity index is 1.11. The summed E-state index contributed by atoms with van der Waals surface area (Å²) in [5, 5.41) is 16.1. The first-order chi connectivity index (χ1) is 19.7. The van der Waals surface area contributed by atoms with Gasteiger partial charge in [0.15, 0.2) is 5.13 Å². The monoisotopic (exact) mass is 585 g/mol. The second-order valence-electron chi connectivity index (χ2n) is 10.1. The fourth-order valence-electron chi connectivity index (χ4n) is 4.96. The van der Waals surface area contributed by atoms with Crippen LogP contribution in [-0.4, -0.2) is 46.8 Å². The van der Waals surface area contributed by atoms with Gasteiger partial charge in [0.1, 0.15) is 17.2 Å². The molecular weight excluding hydrogens is 559 g/mol. The third-order valence-corrected chi connectivity index (χ3v) is 8.13. The zero-order valence-corrected chi connectivity index (χ0v) is 22.6. The Hall–Kier alpha value is -3.90. The molecule has 2 aliphatic rings. The van der Waals surface area contributed by atoms with E-state index in [1.165, 1.54) is 23.5 Å². The molecule has 8 nitrogen and oxygen atoms in total. The minimum Gasteiger partial charge on any atom is -0.478 e. The van der Waals surface area contributed by atoms with Crippen molar-refractivity contribution >= 4 is 22.4 Å². The lowest BCUT2D eigenvalue weighted by molar-refractivity contribution is -0.274. The summed E-state index contributed by atoms with van der Waals surface area (Å²) in [6, 6.07) is 12.6. The van der Waals surface area contributed by atoms with Gasteiger partial charge in [-0.25, -0.2) is 9.78 Å². The highest BCUT2D eigenvalue weighted by atomic mass is 32.1. The van der Waals surface area contributed by atoms with Gasteiger partial charge in [0.05, 0.1) is 24.0 Å². The van der Waals surface area contributed by atoms with Crippen LogP contribution >= 0.6 is 11.3 Å². The van der Waals surface area contributed by atoms with Gasteiger partial charge >= 0.3 is 12.3 Å². The molecule has 2 fully saturated rings. The summed E-state index contributed by atoms with van der Waals surface area (Å²) in [7, 11) is 0. The summed E-state index contributed by atoms with van der Waals surface area (Å²) in [5.41, 5.74) is 3.08. The van der Waals surface area contributed by atoms with Crippen LogP contribution in [0.5, 0.6) is 5.75 Å². The van der Waals surface area contributed by atoms with E-state index in [9.17, 15) is 18.0 Å². The number of carbonyl (C=O) groups is 1. The van der Waals surface area contributed by atoms with E-state index in [4.69, 9.17) is 19.4 Å². The molecule has 0 amide bonds. The van der Waals surface area contributed by atoms with Crippen LogP contribution in [0.2, 0.25) is 0 Å². The van der Waals surface area contributed by atoms with Gasteiger partial charge in [-0.05, 0) is 49.9 Å². The van der Waals surface area contributed by atoms with Crippen LogP contribution in [0.4, 0.5) is 18.3 Å². The molecule has 3 heterocycles. The van der Waals surface area contributed by atoms with Crippen molar-refractivity contribution in [1.29, 1.82) is 0 Å². The third-order valence-electron chi connectivity index (χ3n) is 7.23. The lowest BCUT2D eigenvalue weighted by Crippen LogP contribution is -2.37. The number of anilines is 1. The maximum atomic E-state index is 13.0. The van der Waals surface area contributed by atoms with Gasteiger partial charge in [0, 0.05) is 41.1 Å². The molecule has 0 spiro atoms. The molecule has 214 valence electrons. The molecule has 41 heavy (non-hydrogen) atoms. The first kappa shape index (κ1) is 27.3. The SMILES string of the molecule is O=C(O)c1ccc(-c2csc(N3CCC(OCc4c(-c5ccccc5OC(F)(F)F)noc4C4CC4)CC3)n2)cc1. The average molecular weight is 586 g/mol. The Kier molecular flexibility index (Phi) is 7.43. The first-order valence-electron chi connectivity index (χ1n) is 13.2. The topological polar surface area (TPSA) is 97.9 Å². The number of para-hydroxylation sites is 1. The van der Waals surface area contributed by atoms with E-state index in [-0.39, 0.29) is 35.5 Å². The molecule has 2 aromatic carbocycles. The maximum absolute atomic E-state index is 13.0. The summed E-state index contributed by atoms with van der Waals surface area (Å²) < 4.78 is 55.3. The molecule has 2 aromatic heterocycles. The van der Waals surface area contributed by atoms with Gasteiger partial charge in [0.2, 0.25) is 0 Å². The number of carboxylic acids is 1. The molecule has 0 unspecified atom stereocenters. The van der Waals surface area contributed by atoms with Crippen LogP contribution in [0, 0.1) is 0 Å². The van der Waals surface area contributed by atoms with Crippen molar-refractivity contribution < 1.29 is 37.1 Å². The van der Waals surface area contributed by atoms with Crippen LogP contribution < -0.4 is 9.64 Å². The van der Waals surface area contributed by atoms with Crippen molar-refractivity contribution in [3.05, 3.63) is 70.8 Å². The van der Waals surface area contributed by atoms with Crippen molar-refractivity contribution in [2.24, 2.45) is 0 Å². The summed E-state index contributed by atoms with van der Waals surface area (Å²) in [4.78, 5) is 18.1. The Labute approximate surface area is 237 Å². The molecule has 6 rings (SSSR count). The Morgan fingerprint density at radius 3 is 2.49 bits per heavy atom. The van der Waals surface area contributed by atoms with E-state index in [2.05, 4.69) is 14.8 Å². The number of carboxylic acid groups (broad SMARTS) is 1. The molecule has 0 bridgehead atoms. The number of alkyl halides is 3. The number of piperidine rings is 1. The smallest absolute Gasteiger partial charge is 0.478 e. The molecule has 1 aliphatic heterocycles. The van der Waals surface area contributed by atoms with Gasteiger partial charge in [-0.3, -0.25) is 0 Å². The molecule has 0 radical (unpaired) electrons. The lowest BCUT2D eigenvalue weighted by Gasteiger charge is -2.31. The second-order valence-corrected chi connectivity index (χ2v) is 10.9. The van der Waals surface area contributed by atoms with E-state index < -0.39 is 12.3 Å². The van der Waals surface area contributed by atoms with Crippen LogP contribution in [-0.2, 0) is 11.3 Å². The zero-order valence-electron chi connectivity index (χ0n) is 21.8. The van der Waals surface area contributed by atoms with Crippen LogP contribution in [0.3, 0.4) is 0 Å². The number of aromatic carboxylic acids is 1. The number of hydrogen-bond donors (Lipinski definition) is 1. The third kappa shape index (κ3) is 6.23. The normalized spacial score (nSPS) is 16.2. The fraction of sp³-hybridized carbons (Fsp3) is 0.345. The molecule has 1 aliphatic carbocycles. The van der Waals surface area contributed by atoms with Crippen molar-refractivity contribution in [2.45, 2.75) is 50.7 Å². The van der Waals surface area contributed by atoms with Crippen molar-refractivity contribution in [3.63, 3.8) is 0 Å². The van der Waals surface area contributed by atoms with Crippen molar-refractivity contribution in [1.82, 2.24) is 10.1 Å². The molecule has 0 atom stereocenters. The average Bonchev–Trinajstić information content (AvgIpc) is 3.52. The number of halogens is 3. The second kappa shape index (κ2) is 11.2. The molecule has 12 heteroatoms. The first-order valence-corrected chi connectivity index (χ1v) is 14.1. The minimum absolute atomic E-state index is 0.0364. The zero-order chi connectivity index (χ0) is 28.6. The highest BCUT2D eigenvalue weighted by Gasteiger charge is 2.36. The van der Waals surface area contributed by atoms with Gasteiger partial charge in [0.25, 0.3) is 0 Å². The van der Waals surface area contributed by atoms with Crippen LogP contribution in [0.15, 0.2) is 58.4 Å². The number of aromatic nitrogens is 2. The molecule has 4 aromatic rings. The predicted molar refractivity (Wildman–Crippen MR) is 145 cm³/mol. The molecule has 1 N–H and O–H groups in total. The molecule has 1 saturated carbocycles. The summed E-state index contributed by atoms with van der Waals surface area (Å²) >= 11 is 1.54. The minimum atomic E-state index is -4.83. The number of thiazole rings is 1. The quantitative estimate of drug-likeness (QED) is 0.222. The number of nitrogens with zero attached hydrogens (tertiary/aromatic N) is 3. The summed E-state index contributed by atoms with van der Waals surface area (Å²) in [6.07, 6.45) is -1.45. The van der Waals surface area contributed by atoms with E-state index in [0.29, 0.717) is 17.0 Å². The Morgan fingerprint density at radius 1 is 1.07 bits per heavy atom.